The fourth-order valence-electron chi connectivity index (χ4n) is 2.45. The maximum absolute atomic E-state index is 6.12. The highest BCUT2D eigenvalue weighted by molar-refractivity contribution is 9.10. The van der Waals surface area contributed by atoms with Crippen molar-refractivity contribution in [2.75, 3.05) is 6.61 Å². The Balaban J connectivity index is 1.73. The van der Waals surface area contributed by atoms with E-state index >= 15 is 0 Å². The first-order chi connectivity index (χ1) is 8.25. The molecule has 1 fully saturated rings. The maximum Gasteiger partial charge on any atom is 0.119 e. The number of benzene rings is 1. The molecule has 1 aromatic rings. The van der Waals surface area contributed by atoms with Gasteiger partial charge < -0.3 is 10.5 Å². The van der Waals surface area contributed by atoms with Crippen molar-refractivity contribution < 1.29 is 4.74 Å². The van der Waals surface area contributed by atoms with Gasteiger partial charge in [-0.3, -0.25) is 0 Å². The highest BCUT2D eigenvalue weighted by atomic mass is 79.9. The molecule has 0 radical (unpaired) electrons. The molecule has 0 aliphatic heterocycles. The third kappa shape index (κ3) is 4.00. The van der Waals surface area contributed by atoms with Crippen LogP contribution in [0.5, 0.6) is 5.75 Å². The molecule has 2 atom stereocenters. The number of halogens is 1. The van der Waals surface area contributed by atoms with Crippen molar-refractivity contribution in [3.05, 3.63) is 28.7 Å². The predicted molar refractivity (Wildman–Crippen MR) is 74.2 cm³/mol. The topological polar surface area (TPSA) is 35.2 Å². The van der Waals surface area contributed by atoms with E-state index in [0.717, 1.165) is 23.2 Å². The molecule has 2 rings (SSSR count). The Kier molecular flexibility index (Phi) is 4.86. The first-order valence-electron chi connectivity index (χ1n) is 6.39. The van der Waals surface area contributed by atoms with Gasteiger partial charge in [-0.1, -0.05) is 28.8 Å². The summed E-state index contributed by atoms with van der Waals surface area (Å²) in [6, 6.07) is 8.37. The van der Waals surface area contributed by atoms with E-state index in [9.17, 15) is 0 Å². The zero-order valence-electron chi connectivity index (χ0n) is 10.1. The highest BCUT2D eigenvalue weighted by Crippen LogP contribution is 2.26. The van der Waals surface area contributed by atoms with Crippen LogP contribution in [0.25, 0.3) is 0 Å². The lowest BCUT2D eigenvalue weighted by atomic mass is 9.83. The van der Waals surface area contributed by atoms with E-state index in [1.54, 1.807) is 0 Å². The van der Waals surface area contributed by atoms with Gasteiger partial charge in [0, 0.05) is 10.5 Å². The van der Waals surface area contributed by atoms with Crippen LogP contribution in [-0.4, -0.2) is 12.6 Å². The third-order valence-electron chi connectivity index (χ3n) is 3.54. The smallest absolute Gasteiger partial charge is 0.119 e. The molecule has 0 spiro atoms. The molecule has 3 heteroatoms. The summed E-state index contributed by atoms with van der Waals surface area (Å²) in [5, 5.41) is 0. The molecule has 0 amide bonds. The van der Waals surface area contributed by atoms with Crippen LogP contribution in [0.1, 0.15) is 32.1 Å². The van der Waals surface area contributed by atoms with Gasteiger partial charge in [0.25, 0.3) is 0 Å². The second kappa shape index (κ2) is 6.41. The van der Waals surface area contributed by atoms with Crippen LogP contribution in [-0.2, 0) is 0 Å². The van der Waals surface area contributed by atoms with Gasteiger partial charge in [0.1, 0.15) is 5.75 Å². The lowest BCUT2D eigenvalue weighted by Crippen LogP contribution is -2.33. The van der Waals surface area contributed by atoms with E-state index < -0.39 is 0 Å². The van der Waals surface area contributed by atoms with E-state index in [1.807, 2.05) is 24.3 Å². The number of rotatable bonds is 4. The summed E-state index contributed by atoms with van der Waals surface area (Å²) < 4.78 is 6.82. The zero-order valence-corrected chi connectivity index (χ0v) is 11.7. The molecule has 1 aliphatic carbocycles. The minimum atomic E-state index is 0.386. The van der Waals surface area contributed by atoms with Crippen LogP contribution >= 0.6 is 15.9 Å². The zero-order chi connectivity index (χ0) is 12.1. The molecule has 0 heterocycles. The summed E-state index contributed by atoms with van der Waals surface area (Å²) in [7, 11) is 0. The first kappa shape index (κ1) is 12.9. The van der Waals surface area contributed by atoms with Crippen molar-refractivity contribution in [3.63, 3.8) is 0 Å². The van der Waals surface area contributed by atoms with Crippen molar-refractivity contribution in [1.82, 2.24) is 0 Å². The summed E-state index contributed by atoms with van der Waals surface area (Å²) in [4.78, 5) is 0. The van der Waals surface area contributed by atoms with Crippen LogP contribution in [0.4, 0.5) is 0 Å². The Bertz CT molecular complexity index is 339. The van der Waals surface area contributed by atoms with Crippen LogP contribution in [0, 0.1) is 5.92 Å². The SMILES string of the molecule is NC1CCCCC1CCOc1ccc(Br)cc1. The Morgan fingerprint density at radius 2 is 1.88 bits per heavy atom. The maximum atomic E-state index is 6.12. The van der Waals surface area contributed by atoms with Crippen molar-refractivity contribution in [1.29, 1.82) is 0 Å². The number of hydrogen-bond donors (Lipinski definition) is 1. The first-order valence-corrected chi connectivity index (χ1v) is 7.19. The molecule has 0 aromatic heterocycles. The fraction of sp³-hybridized carbons (Fsp3) is 0.571. The second-order valence-corrected chi connectivity index (χ2v) is 5.72. The molecule has 0 bridgehead atoms. The Morgan fingerprint density at radius 1 is 1.18 bits per heavy atom. The Morgan fingerprint density at radius 3 is 2.59 bits per heavy atom. The lowest BCUT2D eigenvalue weighted by Gasteiger charge is -2.28. The van der Waals surface area contributed by atoms with E-state index in [1.165, 1.54) is 25.7 Å². The summed E-state index contributed by atoms with van der Waals surface area (Å²) in [6.45, 7) is 0.778. The summed E-state index contributed by atoms with van der Waals surface area (Å²) >= 11 is 3.41. The summed E-state index contributed by atoms with van der Waals surface area (Å²) in [5.41, 5.74) is 6.12. The average molecular weight is 298 g/mol. The van der Waals surface area contributed by atoms with Gasteiger partial charge in [0.05, 0.1) is 6.61 Å². The van der Waals surface area contributed by atoms with Crippen molar-refractivity contribution >= 4 is 15.9 Å². The largest absolute Gasteiger partial charge is 0.494 e. The van der Waals surface area contributed by atoms with Gasteiger partial charge in [-0.15, -0.1) is 0 Å². The van der Waals surface area contributed by atoms with Gasteiger partial charge in [0.15, 0.2) is 0 Å². The molecule has 2 nitrogen and oxygen atoms in total. The van der Waals surface area contributed by atoms with Gasteiger partial charge in [-0.25, -0.2) is 0 Å². The fourth-order valence-corrected chi connectivity index (χ4v) is 2.72. The Labute approximate surface area is 112 Å². The van der Waals surface area contributed by atoms with Crippen molar-refractivity contribution in [3.8, 4) is 5.75 Å². The molecule has 2 N–H and O–H groups in total. The van der Waals surface area contributed by atoms with Crippen LogP contribution < -0.4 is 10.5 Å². The molecule has 0 saturated heterocycles. The van der Waals surface area contributed by atoms with Crippen LogP contribution in [0.3, 0.4) is 0 Å². The lowest BCUT2D eigenvalue weighted by molar-refractivity contribution is 0.226. The number of ether oxygens (including phenoxy) is 1. The van der Waals surface area contributed by atoms with E-state index in [0.29, 0.717) is 12.0 Å². The van der Waals surface area contributed by atoms with Crippen LogP contribution in [0.15, 0.2) is 28.7 Å². The van der Waals surface area contributed by atoms with E-state index in [-0.39, 0.29) is 0 Å². The minimum Gasteiger partial charge on any atom is -0.494 e. The van der Waals surface area contributed by atoms with E-state index in [4.69, 9.17) is 10.5 Å². The molecular weight excluding hydrogens is 278 g/mol. The number of hydrogen-bond acceptors (Lipinski definition) is 2. The normalized spacial score (nSPS) is 24.6. The van der Waals surface area contributed by atoms with Crippen LogP contribution in [0.2, 0.25) is 0 Å². The molecule has 1 saturated carbocycles. The third-order valence-corrected chi connectivity index (χ3v) is 4.07. The summed E-state index contributed by atoms with van der Waals surface area (Å²) in [5.74, 6) is 1.59. The molecule has 94 valence electrons. The highest BCUT2D eigenvalue weighted by Gasteiger charge is 2.21. The quantitative estimate of drug-likeness (QED) is 0.919. The van der Waals surface area contributed by atoms with Gasteiger partial charge >= 0.3 is 0 Å². The average Bonchev–Trinajstić information content (AvgIpc) is 2.34. The van der Waals surface area contributed by atoms with E-state index in [2.05, 4.69) is 15.9 Å². The second-order valence-electron chi connectivity index (χ2n) is 4.80. The molecule has 1 aliphatic rings. The molecule has 1 aromatic carbocycles. The minimum absolute atomic E-state index is 0.386. The monoisotopic (exact) mass is 297 g/mol. The summed E-state index contributed by atoms with van der Waals surface area (Å²) in [6.07, 6.45) is 6.16. The van der Waals surface area contributed by atoms with Gasteiger partial charge in [-0.2, -0.15) is 0 Å². The number of nitrogens with two attached hydrogens (primary N) is 1. The standard InChI is InChI=1S/C14H20BrNO/c15-12-5-7-13(8-6-12)17-10-9-11-3-1-2-4-14(11)16/h5-8,11,14H,1-4,9-10,16H2. The van der Waals surface area contributed by atoms with Gasteiger partial charge in [0.2, 0.25) is 0 Å². The predicted octanol–water partition coefficient (Wildman–Crippen LogP) is 3.74. The molecular formula is C14H20BrNO. The Hall–Kier alpha value is -0.540. The molecule has 2 unspecified atom stereocenters. The van der Waals surface area contributed by atoms with Gasteiger partial charge in [-0.05, 0) is 49.4 Å². The molecule has 17 heavy (non-hydrogen) atoms. The van der Waals surface area contributed by atoms with Crippen molar-refractivity contribution in [2.24, 2.45) is 11.7 Å². The van der Waals surface area contributed by atoms with Crippen molar-refractivity contribution in [2.45, 2.75) is 38.1 Å².